The number of ether oxygens (including phenoxy) is 1. The van der Waals surface area contributed by atoms with Gasteiger partial charge in [0.1, 0.15) is 5.69 Å². The second-order valence-electron chi connectivity index (χ2n) is 5.29. The highest BCUT2D eigenvalue weighted by Crippen LogP contribution is 2.25. The average molecular weight is 294 g/mol. The summed E-state index contributed by atoms with van der Waals surface area (Å²) < 4.78 is 5.77. The van der Waals surface area contributed by atoms with Gasteiger partial charge in [-0.3, -0.25) is 10.1 Å². The molecule has 0 spiro atoms. The molecular formula is C16H26N2O3. The Morgan fingerprint density at radius 2 is 2.14 bits per heavy atom. The maximum Gasteiger partial charge on any atom is 0.292 e. The van der Waals surface area contributed by atoms with Crippen LogP contribution in [0, 0.1) is 16.0 Å². The van der Waals surface area contributed by atoms with E-state index in [4.69, 9.17) is 4.74 Å². The quantitative estimate of drug-likeness (QED) is 0.514. The molecular weight excluding hydrogens is 268 g/mol. The number of benzene rings is 1. The molecule has 0 heterocycles. The largest absolute Gasteiger partial charge is 0.383 e. The Hall–Kier alpha value is -1.62. The van der Waals surface area contributed by atoms with Crippen molar-refractivity contribution in [3.63, 3.8) is 0 Å². The number of nitrogens with zero attached hydrogens (tertiary/aromatic N) is 1. The molecule has 0 saturated carbocycles. The summed E-state index contributed by atoms with van der Waals surface area (Å²) >= 11 is 0. The molecule has 5 heteroatoms. The summed E-state index contributed by atoms with van der Waals surface area (Å²) in [6.07, 6.45) is 4.78. The highest BCUT2D eigenvalue weighted by Gasteiger charge is 2.13. The zero-order chi connectivity index (χ0) is 15.7. The van der Waals surface area contributed by atoms with E-state index in [9.17, 15) is 10.1 Å². The molecule has 0 amide bonds. The fourth-order valence-electron chi connectivity index (χ4n) is 2.27. The molecule has 21 heavy (non-hydrogen) atoms. The Kier molecular flexibility index (Phi) is 7.75. The molecule has 1 atom stereocenters. The molecule has 1 N–H and O–H groups in total. The van der Waals surface area contributed by atoms with Crippen LogP contribution < -0.4 is 5.32 Å². The zero-order valence-electron chi connectivity index (χ0n) is 13.2. The van der Waals surface area contributed by atoms with E-state index >= 15 is 0 Å². The van der Waals surface area contributed by atoms with Gasteiger partial charge in [-0.1, -0.05) is 33.1 Å². The van der Waals surface area contributed by atoms with Crippen molar-refractivity contribution in [3.05, 3.63) is 33.9 Å². The Morgan fingerprint density at radius 3 is 2.71 bits per heavy atom. The van der Waals surface area contributed by atoms with E-state index in [0.29, 0.717) is 18.2 Å². The van der Waals surface area contributed by atoms with Gasteiger partial charge in [-0.15, -0.1) is 0 Å². The molecule has 118 valence electrons. The van der Waals surface area contributed by atoms with E-state index in [-0.39, 0.29) is 10.6 Å². The molecule has 0 radical (unpaired) electrons. The van der Waals surface area contributed by atoms with Gasteiger partial charge in [0, 0.05) is 19.7 Å². The number of unbranched alkanes of at least 4 members (excludes halogenated alkanes) is 1. The molecule has 1 aromatic carbocycles. The van der Waals surface area contributed by atoms with Crippen molar-refractivity contribution >= 4 is 11.4 Å². The normalized spacial score (nSPS) is 12.1. The SMILES string of the molecule is CCCCC(CC)COCc1ccc([N+](=O)[O-])c(NC)c1. The van der Waals surface area contributed by atoms with Crippen LogP contribution in [0.1, 0.15) is 45.1 Å². The van der Waals surface area contributed by atoms with E-state index in [0.717, 1.165) is 18.6 Å². The molecule has 1 aromatic rings. The van der Waals surface area contributed by atoms with Gasteiger partial charge in [0.25, 0.3) is 5.69 Å². The fraction of sp³-hybridized carbons (Fsp3) is 0.625. The molecule has 0 aliphatic rings. The topological polar surface area (TPSA) is 64.4 Å². The first-order valence-electron chi connectivity index (χ1n) is 7.65. The van der Waals surface area contributed by atoms with Gasteiger partial charge in [-0.25, -0.2) is 0 Å². The number of hydrogen-bond acceptors (Lipinski definition) is 4. The van der Waals surface area contributed by atoms with E-state index in [2.05, 4.69) is 19.2 Å². The molecule has 0 bridgehead atoms. The Balaban J connectivity index is 2.53. The van der Waals surface area contributed by atoms with Crippen molar-refractivity contribution in [1.29, 1.82) is 0 Å². The summed E-state index contributed by atoms with van der Waals surface area (Å²) in [6.45, 7) is 5.63. The van der Waals surface area contributed by atoms with Gasteiger partial charge < -0.3 is 10.1 Å². The third-order valence-electron chi connectivity index (χ3n) is 3.69. The van der Waals surface area contributed by atoms with Crippen LogP contribution in [-0.4, -0.2) is 18.6 Å². The number of hydrogen-bond donors (Lipinski definition) is 1. The number of nitro benzene ring substituents is 1. The van der Waals surface area contributed by atoms with Crippen molar-refractivity contribution in [3.8, 4) is 0 Å². The summed E-state index contributed by atoms with van der Waals surface area (Å²) in [6, 6.07) is 5.07. The summed E-state index contributed by atoms with van der Waals surface area (Å²) in [4.78, 5) is 10.5. The monoisotopic (exact) mass is 294 g/mol. The summed E-state index contributed by atoms with van der Waals surface area (Å²) in [7, 11) is 1.69. The van der Waals surface area contributed by atoms with Crippen LogP contribution in [0.5, 0.6) is 0 Å². The Morgan fingerprint density at radius 1 is 1.38 bits per heavy atom. The fourth-order valence-corrected chi connectivity index (χ4v) is 2.27. The van der Waals surface area contributed by atoms with E-state index in [1.54, 1.807) is 19.2 Å². The molecule has 0 saturated heterocycles. The number of nitrogens with one attached hydrogen (secondary N) is 1. The first-order valence-corrected chi connectivity index (χ1v) is 7.65. The molecule has 0 fully saturated rings. The van der Waals surface area contributed by atoms with E-state index in [1.807, 2.05) is 0 Å². The van der Waals surface area contributed by atoms with E-state index in [1.165, 1.54) is 25.3 Å². The first-order chi connectivity index (χ1) is 10.1. The third kappa shape index (κ3) is 5.71. The maximum absolute atomic E-state index is 10.9. The molecule has 0 aliphatic heterocycles. The van der Waals surface area contributed by atoms with Gasteiger partial charge in [-0.2, -0.15) is 0 Å². The van der Waals surface area contributed by atoms with Crippen molar-refractivity contribution in [2.24, 2.45) is 5.92 Å². The van der Waals surface area contributed by atoms with Crippen LogP contribution in [0.25, 0.3) is 0 Å². The van der Waals surface area contributed by atoms with Gasteiger partial charge in [0.15, 0.2) is 0 Å². The van der Waals surface area contributed by atoms with Crippen LogP contribution in [0.4, 0.5) is 11.4 Å². The standard InChI is InChI=1S/C16H26N2O3/c1-4-6-7-13(5-2)11-21-12-14-8-9-16(18(19)20)15(10-14)17-3/h8-10,13,17H,4-7,11-12H2,1-3H3. The highest BCUT2D eigenvalue weighted by molar-refractivity contribution is 5.62. The van der Waals surface area contributed by atoms with Gasteiger partial charge in [-0.05, 0) is 30.0 Å². The highest BCUT2D eigenvalue weighted by atomic mass is 16.6. The predicted octanol–water partition coefficient (Wildman–Crippen LogP) is 4.37. The minimum absolute atomic E-state index is 0.0932. The maximum atomic E-state index is 10.9. The average Bonchev–Trinajstić information content (AvgIpc) is 2.50. The van der Waals surface area contributed by atoms with E-state index < -0.39 is 0 Å². The lowest BCUT2D eigenvalue weighted by Gasteiger charge is -2.15. The lowest BCUT2D eigenvalue weighted by Crippen LogP contribution is -2.09. The van der Waals surface area contributed by atoms with Gasteiger partial charge >= 0.3 is 0 Å². The second kappa shape index (κ2) is 9.34. The Bertz CT molecular complexity index is 449. The number of rotatable bonds is 10. The lowest BCUT2D eigenvalue weighted by molar-refractivity contribution is -0.384. The van der Waals surface area contributed by atoms with Gasteiger partial charge in [0.2, 0.25) is 0 Å². The molecule has 0 aromatic heterocycles. The Labute approximate surface area is 126 Å². The molecule has 1 unspecified atom stereocenters. The summed E-state index contributed by atoms with van der Waals surface area (Å²) in [5.74, 6) is 0.603. The molecule has 0 aliphatic carbocycles. The van der Waals surface area contributed by atoms with Crippen molar-refractivity contribution in [2.45, 2.75) is 46.1 Å². The zero-order valence-corrected chi connectivity index (χ0v) is 13.2. The first kappa shape index (κ1) is 17.4. The summed E-state index contributed by atoms with van der Waals surface area (Å²) in [5, 5.41) is 13.7. The molecule has 5 nitrogen and oxygen atoms in total. The summed E-state index contributed by atoms with van der Waals surface area (Å²) in [5.41, 5.74) is 1.57. The van der Waals surface area contributed by atoms with Gasteiger partial charge in [0.05, 0.1) is 11.5 Å². The predicted molar refractivity (Wildman–Crippen MR) is 85.6 cm³/mol. The lowest BCUT2D eigenvalue weighted by atomic mass is 10.0. The van der Waals surface area contributed by atoms with Crippen LogP contribution in [0.15, 0.2) is 18.2 Å². The van der Waals surface area contributed by atoms with Crippen LogP contribution in [0.3, 0.4) is 0 Å². The number of nitro groups is 1. The second-order valence-corrected chi connectivity index (χ2v) is 5.29. The minimum Gasteiger partial charge on any atom is -0.383 e. The van der Waals surface area contributed by atoms with Crippen molar-refractivity contribution in [2.75, 3.05) is 19.0 Å². The van der Waals surface area contributed by atoms with Crippen LogP contribution in [-0.2, 0) is 11.3 Å². The third-order valence-corrected chi connectivity index (χ3v) is 3.69. The van der Waals surface area contributed by atoms with Crippen molar-refractivity contribution < 1.29 is 9.66 Å². The minimum atomic E-state index is -0.381. The molecule has 1 rings (SSSR count). The number of anilines is 1. The smallest absolute Gasteiger partial charge is 0.292 e. The van der Waals surface area contributed by atoms with Crippen LogP contribution >= 0.6 is 0 Å². The van der Waals surface area contributed by atoms with Crippen LogP contribution in [0.2, 0.25) is 0 Å². The van der Waals surface area contributed by atoms with Crippen molar-refractivity contribution in [1.82, 2.24) is 0 Å².